The van der Waals surface area contributed by atoms with Crippen molar-refractivity contribution in [1.82, 2.24) is 5.32 Å². The van der Waals surface area contributed by atoms with Crippen molar-refractivity contribution in [2.45, 2.75) is 19.9 Å². The second-order valence-corrected chi connectivity index (χ2v) is 5.34. The normalized spacial score (nSPS) is 10.6. The maximum Gasteiger partial charge on any atom is 0.146 e. The molecule has 0 atom stereocenters. The molecule has 0 aromatic heterocycles. The number of hydrogen-bond donors (Lipinski definition) is 1. The lowest BCUT2D eigenvalue weighted by atomic mass is 10.2. The van der Waals surface area contributed by atoms with E-state index in [1.165, 1.54) is 5.56 Å². The van der Waals surface area contributed by atoms with E-state index in [1.807, 2.05) is 24.3 Å². The fourth-order valence-electron chi connectivity index (χ4n) is 1.77. The Morgan fingerprint density at radius 3 is 2.45 bits per heavy atom. The number of ether oxygens (including phenoxy) is 1. The predicted molar refractivity (Wildman–Crippen MR) is 85.0 cm³/mol. The van der Waals surface area contributed by atoms with Crippen LogP contribution in [0.15, 0.2) is 42.5 Å². The molecule has 0 aliphatic carbocycles. The van der Waals surface area contributed by atoms with Gasteiger partial charge in [-0.3, -0.25) is 0 Å². The molecule has 4 heteroatoms. The van der Waals surface area contributed by atoms with Crippen LogP contribution < -0.4 is 10.1 Å². The van der Waals surface area contributed by atoms with Crippen LogP contribution in [0.5, 0.6) is 11.5 Å². The first kappa shape index (κ1) is 15.2. The van der Waals surface area contributed by atoms with Gasteiger partial charge in [-0.2, -0.15) is 0 Å². The highest BCUT2D eigenvalue weighted by Crippen LogP contribution is 2.31. The van der Waals surface area contributed by atoms with Gasteiger partial charge in [-0.1, -0.05) is 42.3 Å². The molecule has 106 valence electrons. The average molecular weight is 310 g/mol. The minimum atomic E-state index is 0.506. The van der Waals surface area contributed by atoms with E-state index in [2.05, 4.69) is 12.2 Å². The van der Waals surface area contributed by atoms with Crippen molar-refractivity contribution in [2.75, 3.05) is 6.54 Å². The molecule has 2 aromatic carbocycles. The van der Waals surface area contributed by atoms with Gasteiger partial charge in [0.25, 0.3) is 0 Å². The van der Waals surface area contributed by atoms with Crippen LogP contribution in [0.25, 0.3) is 0 Å². The molecule has 0 saturated heterocycles. The van der Waals surface area contributed by atoms with E-state index in [4.69, 9.17) is 27.9 Å². The first-order valence-electron chi connectivity index (χ1n) is 6.61. The Morgan fingerprint density at radius 1 is 1.05 bits per heavy atom. The van der Waals surface area contributed by atoms with E-state index >= 15 is 0 Å². The summed E-state index contributed by atoms with van der Waals surface area (Å²) in [6, 6.07) is 13.2. The third-order valence-corrected chi connectivity index (χ3v) is 3.33. The fraction of sp³-hybridized carbons (Fsp3) is 0.250. The maximum absolute atomic E-state index is 6.08. The van der Waals surface area contributed by atoms with Crippen molar-refractivity contribution < 1.29 is 4.74 Å². The first-order valence-corrected chi connectivity index (χ1v) is 7.37. The number of hydrogen-bond acceptors (Lipinski definition) is 2. The number of rotatable bonds is 6. The van der Waals surface area contributed by atoms with E-state index in [1.54, 1.807) is 18.2 Å². The second-order valence-electron chi connectivity index (χ2n) is 4.50. The lowest BCUT2D eigenvalue weighted by Gasteiger charge is -2.09. The predicted octanol–water partition coefficient (Wildman–Crippen LogP) is 5.29. The highest BCUT2D eigenvalue weighted by molar-refractivity contribution is 6.35. The lowest BCUT2D eigenvalue weighted by Crippen LogP contribution is -2.13. The highest BCUT2D eigenvalue weighted by atomic mass is 35.5. The van der Waals surface area contributed by atoms with E-state index in [0.29, 0.717) is 15.8 Å². The van der Waals surface area contributed by atoms with Crippen molar-refractivity contribution in [1.29, 1.82) is 0 Å². The van der Waals surface area contributed by atoms with Crippen LogP contribution in [0.4, 0.5) is 0 Å². The molecular formula is C16H17Cl2NO. The van der Waals surface area contributed by atoms with Crippen LogP contribution in [0.1, 0.15) is 18.9 Å². The summed E-state index contributed by atoms with van der Waals surface area (Å²) >= 11 is 11.9. The quantitative estimate of drug-likeness (QED) is 0.732. The molecule has 0 radical (unpaired) electrons. The van der Waals surface area contributed by atoms with Gasteiger partial charge in [0.15, 0.2) is 0 Å². The Balaban J connectivity index is 1.99. The summed E-state index contributed by atoms with van der Waals surface area (Å²) in [7, 11) is 0. The number of nitrogens with one attached hydrogen (secondary N) is 1. The summed E-state index contributed by atoms with van der Waals surface area (Å²) in [5.41, 5.74) is 1.23. The fourth-order valence-corrected chi connectivity index (χ4v) is 2.22. The maximum atomic E-state index is 6.08. The van der Waals surface area contributed by atoms with Gasteiger partial charge in [0, 0.05) is 11.6 Å². The number of halogens is 2. The third-order valence-electron chi connectivity index (χ3n) is 2.80. The van der Waals surface area contributed by atoms with Gasteiger partial charge < -0.3 is 10.1 Å². The molecule has 2 nitrogen and oxygen atoms in total. The van der Waals surface area contributed by atoms with Gasteiger partial charge in [0.1, 0.15) is 11.5 Å². The zero-order valence-corrected chi connectivity index (χ0v) is 12.8. The van der Waals surface area contributed by atoms with Gasteiger partial charge in [-0.25, -0.2) is 0 Å². The van der Waals surface area contributed by atoms with Gasteiger partial charge in [0.2, 0.25) is 0 Å². The van der Waals surface area contributed by atoms with Crippen LogP contribution in [0.2, 0.25) is 10.0 Å². The Bertz CT molecular complexity index is 555. The summed E-state index contributed by atoms with van der Waals surface area (Å²) in [5, 5.41) is 4.46. The van der Waals surface area contributed by atoms with E-state index in [-0.39, 0.29) is 0 Å². The molecule has 0 unspecified atom stereocenters. The molecule has 0 saturated carbocycles. The molecule has 2 aromatic rings. The van der Waals surface area contributed by atoms with Gasteiger partial charge in [-0.15, -0.1) is 0 Å². The molecule has 20 heavy (non-hydrogen) atoms. The molecule has 0 heterocycles. The monoisotopic (exact) mass is 309 g/mol. The molecule has 0 spiro atoms. The molecule has 0 fully saturated rings. The van der Waals surface area contributed by atoms with E-state index in [9.17, 15) is 0 Å². The number of benzene rings is 2. The van der Waals surface area contributed by atoms with Gasteiger partial charge in [-0.05, 0) is 48.9 Å². The zero-order valence-electron chi connectivity index (χ0n) is 11.3. The zero-order chi connectivity index (χ0) is 14.4. The topological polar surface area (TPSA) is 21.3 Å². The highest BCUT2D eigenvalue weighted by Gasteiger charge is 2.04. The summed E-state index contributed by atoms with van der Waals surface area (Å²) in [4.78, 5) is 0. The average Bonchev–Trinajstić information content (AvgIpc) is 2.44. The smallest absolute Gasteiger partial charge is 0.146 e. The summed E-state index contributed by atoms with van der Waals surface area (Å²) in [6.07, 6.45) is 1.14. The van der Waals surface area contributed by atoms with Crippen LogP contribution in [-0.2, 0) is 6.54 Å². The van der Waals surface area contributed by atoms with Crippen molar-refractivity contribution in [3.63, 3.8) is 0 Å². The largest absolute Gasteiger partial charge is 0.456 e. The van der Waals surface area contributed by atoms with E-state index in [0.717, 1.165) is 25.3 Å². The molecule has 0 aliphatic rings. The van der Waals surface area contributed by atoms with Crippen LogP contribution in [0.3, 0.4) is 0 Å². The first-order chi connectivity index (χ1) is 9.69. The van der Waals surface area contributed by atoms with Gasteiger partial charge in [0.05, 0.1) is 5.02 Å². The lowest BCUT2D eigenvalue weighted by molar-refractivity contribution is 0.482. The molecular weight excluding hydrogens is 293 g/mol. The molecule has 1 N–H and O–H groups in total. The third kappa shape index (κ3) is 4.41. The SMILES string of the molecule is CCCNCc1ccc(Oc2ccc(Cl)cc2Cl)cc1. The van der Waals surface area contributed by atoms with Crippen LogP contribution >= 0.6 is 23.2 Å². The van der Waals surface area contributed by atoms with Crippen molar-refractivity contribution in [3.8, 4) is 11.5 Å². The van der Waals surface area contributed by atoms with Gasteiger partial charge >= 0.3 is 0 Å². The molecule has 0 aliphatic heterocycles. The molecule has 0 amide bonds. The Hall–Kier alpha value is -1.22. The van der Waals surface area contributed by atoms with Crippen LogP contribution in [0, 0.1) is 0 Å². The molecule has 0 bridgehead atoms. The Morgan fingerprint density at radius 2 is 1.80 bits per heavy atom. The van der Waals surface area contributed by atoms with Crippen LogP contribution in [-0.4, -0.2) is 6.54 Å². The van der Waals surface area contributed by atoms with Crippen molar-refractivity contribution in [3.05, 3.63) is 58.1 Å². The summed E-state index contributed by atoms with van der Waals surface area (Å²) in [5.74, 6) is 1.36. The van der Waals surface area contributed by atoms with Crippen molar-refractivity contribution in [2.24, 2.45) is 0 Å². The Labute approximate surface area is 129 Å². The van der Waals surface area contributed by atoms with E-state index < -0.39 is 0 Å². The minimum absolute atomic E-state index is 0.506. The standard InChI is InChI=1S/C16H17Cl2NO/c1-2-9-19-11-12-3-6-14(7-4-12)20-16-8-5-13(17)10-15(16)18/h3-8,10,19H,2,9,11H2,1H3. The summed E-state index contributed by atoms with van der Waals surface area (Å²) in [6.45, 7) is 4.05. The van der Waals surface area contributed by atoms with Crippen molar-refractivity contribution >= 4 is 23.2 Å². The Kier molecular flexibility index (Phi) is 5.72. The minimum Gasteiger partial charge on any atom is -0.456 e. The summed E-state index contributed by atoms with van der Waals surface area (Å²) < 4.78 is 5.73. The second kappa shape index (κ2) is 7.53. The molecule has 2 rings (SSSR count).